The van der Waals surface area contributed by atoms with Gasteiger partial charge in [-0.25, -0.2) is 4.98 Å². The van der Waals surface area contributed by atoms with Crippen LogP contribution in [0.2, 0.25) is 5.02 Å². The van der Waals surface area contributed by atoms with Crippen LogP contribution in [0.5, 0.6) is 0 Å². The number of hydrogen-bond donors (Lipinski definition) is 2. The van der Waals surface area contributed by atoms with Crippen molar-refractivity contribution in [2.45, 2.75) is 32.0 Å². The van der Waals surface area contributed by atoms with E-state index >= 15 is 0 Å². The highest BCUT2D eigenvalue weighted by atomic mass is 35.5. The largest absolute Gasteiger partial charge is 0.382 e. The van der Waals surface area contributed by atoms with E-state index in [4.69, 9.17) is 17.3 Å². The highest BCUT2D eigenvalue weighted by Crippen LogP contribution is 2.37. The Balaban J connectivity index is 1.56. The Kier molecular flexibility index (Phi) is 3.47. The molecule has 0 atom stereocenters. The lowest BCUT2D eigenvalue weighted by Gasteiger charge is -2.13. The molecule has 2 heterocycles. The summed E-state index contributed by atoms with van der Waals surface area (Å²) in [6.07, 6.45) is 4.01. The molecule has 1 aromatic carbocycles. The molecule has 23 heavy (non-hydrogen) atoms. The third kappa shape index (κ3) is 2.78. The molecule has 1 amide bonds. The minimum Gasteiger partial charge on any atom is -0.382 e. The van der Waals surface area contributed by atoms with Crippen LogP contribution in [0.25, 0.3) is 0 Å². The van der Waals surface area contributed by atoms with Gasteiger partial charge in [-0.1, -0.05) is 23.7 Å². The summed E-state index contributed by atoms with van der Waals surface area (Å²) in [6.45, 7) is 1.87. The van der Waals surface area contributed by atoms with Gasteiger partial charge in [0.05, 0.1) is 10.6 Å². The molecule has 6 heteroatoms. The van der Waals surface area contributed by atoms with Crippen molar-refractivity contribution in [3.63, 3.8) is 0 Å². The van der Waals surface area contributed by atoms with Crippen LogP contribution >= 0.6 is 11.6 Å². The third-order valence-corrected chi connectivity index (χ3v) is 4.75. The van der Waals surface area contributed by atoms with E-state index in [2.05, 4.69) is 21.3 Å². The van der Waals surface area contributed by atoms with Gasteiger partial charge < -0.3 is 11.1 Å². The summed E-state index contributed by atoms with van der Waals surface area (Å²) in [7, 11) is 0. The standard InChI is InChI=1S/C17H17ClN4O/c18-14-6-11(7-20-16(14)19)17(23)21-15-3-1-2-10-8-22(9-13(10)15)12-4-5-12/h1-3,6-7,12H,4-5,8-9H2,(H2,19,20)(H,21,23). The van der Waals surface area contributed by atoms with E-state index in [0.717, 1.165) is 18.8 Å². The molecule has 0 radical (unpaired) electrons. The molecule has 0 unspecified atom stereocenters. The second-order valence-electron chi connectivity index (χ2n) is 6.12. The Labute approximate surface area is 139 Å². The van der Waals surface area contributed by atoms with Crippen molar-refractivity contribution in [2.75, 3.05) is 11.1 Å². The maximum absolute atomic E-state index is 12.4. The van der Waals surface area contributed by atoms with Crippen LogP contribution in [0.1, 0.15) is 34.3 Å². The Morgan fingerprint density at radius 3 is 2.91 bits per heavy atom. The highest BCUT2D eigenvalue weighted by molar-refractivity contribution is 6.33. The van der Waals surface area contributed by atoms with Crippen molar-refractivity contribution in [1.29, 1.82) is 0 Å². The average Bonchev–Trinajstić information content (AvgIpc) is 3.29. The molecule has 1 aliphatic carbocycles. The van der Waals surface area contributed by atoms with Crippen LogP contribution < -0.4 is 11.1 Å². The Hall–Kier alpha value is -2.11. The number of fused-ring (bicyclic) bond motifs is 1. The molecule has 1 saturated carbocycles. The van der Waals surface area contributed by atoms with Crippen molar-refractivity contribution < 1.29 is 4.79 Å². The number of halogens is 1. The predicted octanol–water partition coefficient (Wildman–Crippen LogP) is 3.05. The van der Waals surface area contributed by atoms with Gasteiger partial charge in [-0.05, 0) is 36.1 Å². The molecule has 3 N–H and O–H groups in total. The number of nitrogen functional groups attached to an aromatic ring is 1. The van der Waals surface area contributed by atoms with Crippen molar-refractivity contribution in [3.8, 4) is 0 Å². The lowest BCUT2D eigenvalue weighted by Crippen LogP contribution is -2.19. The molecule has 1 aliphatic heterocycles. The van der Waals surface area contributed by atoms with Crippen molar-refractivity contribution >= 4 is 29.0 Å². The van der Waals surface area contributed by atoms with Crippen molar-refractivity contribution in [2.24, 2.45) is 0 Å². The second-order valence-corrected chi connectivity index (χ2v) is 6.53. The van der Waals surface area contributed by atoms with Gasteiger partial charge >= 0.3 is 0 Å². The summed E-state index contributed by atoms with van der Waals surface area (Å²) in [5, 5.41) is 3.27. The Bertz CT molecular complexity index is 788. The molecule has 0 spiro atoms. The van der Waals surface area contributed by atoms with Crippen LogP contribution in [0.4, 0.5) is 11.5 Å². The number of pyridine rings is 1. The molecular weight excluding hydrogens is 312 g/mol. The van der Waals surface area contributed by atoms with Crippen LogP contribution in [0.3, 0.4) is 0 Å². The van der Waals surface area contributed by atoms with Crippen LogP contribution in [-0.4, -0.2) is 21.8 Å². The van der Waals surface area contributed by atoms with Gasteiger partial charge in [-0.15, -0.1) is 0 Å². The molecule has 2 aromatic rings. The number of amides is 1. The first-order valence-electron chi connectivity index (χ1n) is 7.69. The number of rotatable bonds is 3. The number of benzene rings is 1. The number of carbonyl (C=O) groups excluding carboxylic acids is 1. The van der Waals surface area contributed by atoms with Crippen LogP contribution in [0.15, 0.2) is 30.5 Å². The van der Waals surface area contributed by atoms with Gasteiger partial charge in [0.1, 0.15) is 5.82 Å². The molecule has 4 rings (SSSR count). The lowest BCUT2D eigenvalue weighted by atomic mass is 10.1. The van der Waals surface area contributed by atoms with Gasteiger partial charge in [0.25, 0.3) is 5.91 Å². The smallest absolute Gasteiger partial charge is 0.257 e. The number of nitrogens with two attached hydrogens (primary N) is 1. The van der Waals surface area contributed by atoms with Crippen LogP contribution in [-0.2, 0) is 13.1 Å². The predicted molar refractivity (Wildman–Crippen MR) is 90.3 cm³/mol. The minimum absolute atomic E-state index is 0.224. The summed E-state index contributed by atoms with van der Waals surface area (Å²) in [6, 6.07) is 8.32. The van der Waals surface area contributed by atoms with Crippen LogP contribution in [0, 0.1) is 0 Å². The van der Waals surface area contributed by atoms with Gasteiger partial charge in [0.15, 0.2) is 0 Å². The highest BCUT2D eigenvalue weighted by Gasteiger charge is 2.33. The van der Waals surface area contributed by atoms with E-state index in [1.165, 1.54) is 30.2 Å². The number of nitrogens with zero attached hydrogens (tertiary/aromatic N) is 2. The third-order valence-electron chi connectivity index (χ3n) is 4.45. The van der Waals surface area contributed by atoms with E-state index in [0.29, 0.717) is 11.6 Å². The maximum Gasteiger partial charge on any atom is 0.257 e. The Morgan fingerprint density at radius 2 is 2.17 bits per heavy atom. The molecule has 0 bridgehead atoms. The summed E-state index contributed by atoms with van der Waals surface area (Å²) < 4.78 is 0. The fourth-order valence-electron chi connectivity index (χ4n) is 3.03. The number of nitrogens with one attached hydrogen (secondary N) is 1. The summed E-state index contributed by atoms with van der Waals surface area (Å²) in [5.41, 5.74) is 9.36. The minimum atomic E-state index is -0.224. The molecule has 1 aromatic heterocycles. The molecule has 2 aliphatic rings. The second kappa shape index (κ2) is 5.51. The average molecular weight is 329 g/mol. The zero-order valence-corrected chi connectivity index (χ0v) is 13.3. The van der Waals surface area contributed by atoms with Gasteiger partial charge in [0.2, 0.25) is 0 Å². The lowest BCUT2D eigenvalue weighted by molar-refractivity contribution is 0.102. The zero-order valence-electron chi connectivity index (χ0n) is 12.6. The fourth-order valence-corrected chi connectivity index (χ4v) is 3.20. The van der Waals surface area contributed by atoms with Crippen molar-refractivity contribution in [1.82, 2.24) is 9.88 Å². The van der Waals surface area contributed by atoms with Crippen molar-refractivity contribution in [3.05, 3.63) is 52.2 Å². The first kappa shape index (κ1) is 14.5. The normalized spacial score (nSPS) is 17.1. The Morgan fingerprint density at radius 1 is 1.35 bits per heavy atom. The van der Waals surface area contributed by atoms with Gasteiger partial charge in [0, 0.05) is 31.0 Å². The number of anilines is 2. The summed E-state index contributed by atoms with van der Waals surface area (Å²) in [4.78, 5) is 18.8. The topological polar surface area (TPSA) is 71.2 Å². The van der Waals surface area contributed by atoms with E-state index in [9.17, 15) is 4.79 Å². The molecule has 0 saturated heterocycles. The van der Waals surface area contributed by atoms with Gasteiger partial charge in [-0.2, -0.15) is 0 Å². The first-order valence-corrected chi connectivity index (χ1v) is 8.07. The monoisotopic (exact) mass is 328 g/mol. The summed E-state index contributed by atoms with van der Waals surface area (Å²) in [5.74, 6) is 0.00145. The molecular formula is C17H17ClN4O. The quantitative estimate of drug-likeness (QED) is 0.908. The van der Waals surface area contributed by atoms with Gasteiger partial charge in [-0.3, -0.25) is 9.69 Å². The summed E-state index contributed by atoms with van der Waals surface area (Å²) >= 11 is 5.94. The number of carbonyl (C=O) groups is 1. The number of aromatic nitrogens is 1. The van der Waals surface area contributed by atoms with E-state index < -0.39 is 0 Å². The van der Waals surface area contributed by atoms with E-state index in [1.54, 1.807) is 6.07 Å². The molecule has 118 valence electrons. The molecule has 5 nitrogen and oxygen atoms in total. The number of hydrogen-bond acceptors (Lipinski definition) is 4. The first-order chi connectivity index (χ1) is 11.1. The zero-order chi connectivity index (χ0) is 16.0. The van der Waals surface area contributed by atoms with E-state index in [1.807, 2.05) is 12.1 Å². The molecule has 1 fully saturated rings. The fraction of sp³-hybridized carbons (Fsp3) is 0.294. The van der Waals surface area contributed by atoms with E-state index in [-0.39, 0.29) is 16.7 Å². The maximum atomic E-state index is 12.4. The SMILES string of the molecule is Nc1ncc(C(=O)Nc2cccc3c2CN(C2CC2)C3)cc1Cl.